The fourth-order valence-corrected chi connectivity index (χ4v) is 5.12. The number of aliphatic hydroxyl groups is 1. The molecule has 180 valence electrons. The molecule has 4 aromatic rings. The highest BCUT2D eigenvalue weighted by atomic mass is 16.5. The lowest BCUT2D eigenvalue weighted by molar-refractivity contribution is 0.0683. The van der Waals surface area contributed by atoms with E-state index in [2.05, 4.69) is 0 Å². The van der Waals surface area contributed by atoms with Gasteiger partial charge < -0.3 is 33.9 Å². The van der Waals surface area contributed by atoms with E-state index < -0.39 is 12.6 Å². The number of carboxylic acid groups (broad SMARTS) is 1. The van der Waals surface area contributed by atoms with Gasteiger partial charge in [0.1, 0.15) is 22.9 Å². The lowest BCUT2D eigenvalue weighted by Crippen LogP contribution is -2.22. The van der Waals surface area contributed by atoms with Crippen molar-refractivity contribution < 1.29 is 29.6 Å². The minimum Gasteiger partial charge on any atom is -0.507 e. The van der Waals surface area contributed by atoms with Gasteiger partial charge >= 0.3 is 5.97 Å². The molecule has 9 nitrogen and oxygen atoms in total. The van der Waals surface area contributed by atoms with Gasteiger partial charge in [0.05, 0.1) is 38.6 Å². The molecular weight excluding hydrogens is 452 g/mol. The Labute approximate surface area is 200 Å². The Morgan fingerprint density at radius 2 is 1.86 bits per heavy atom. The number of methoxy groups -OCH3 is 2. The van der Waals surface area contributed by atoms with Crippen molar-refractivity contribution in [1.29, 1.82) is 0 Å². The number of pyridine rings is 1. The number of nitrogens with zero attached hydrogens (tertiary/aromatic N) is 2. The average Bonchev–Trinajstić information content (AvgIpc) is 3.36. The molecular formula is C26H24N2O7. The Balaban J connectivity index is 1.76. The largest absolute Gasteiger partial charge is 0.507 e. The van der Waals surface area contributed by atoms with Crippen LogP contribution in [0.1, 0.15) is 32.7 Å². The maximum atomic E-state index is 13.1. The van der Waals surface area contributed by atoms with E-state index in [0.717, 1.165) is 16.7 Å². The number of carboxylic acids is 1. The summed E-state index contributed by atoms with van der Waals surface area (Å²) in [6.07, 6.45) is 0.468. The highest BCUT2D eigenvalue weighted by molar-refractivity contribution is 6.04. The third kappa shape index (κ3) is 3.27. The number of fused-ring (bicyclic) bond motifs is 4. The fraction of sp³-hybridized carbons (Fsp3) is 0.231. The third-order valence-corrected chi connectivity index (χ3v) is 6.71. The predicted octanol–water partition coefficient (Wildman–Crippen LogP) is 2.87. The van der Waals surface area contributed by atoms with Gasteiger partial charge in [0.25, 0.3) is 5.56 Å². The number of aromatic hydroxyl groups is 1. The van der Waals surface area contributed by atoms with E-state index >= 15 is 0 Å². The number of aromatic nitrogens is 2. The van der Waals surface area contributed by atoms with Crippen molar-refractivity contribution in [3.63, 3.8) is 0 Å². The van der Waals surface area contributed by atoms with Crippen molar-refractivity contribution in [2.24, 2.45) is 7.05 Å². The number of aryl methyl sites for hydroxylation is 1. The number of rotatable bonds is 6. The molecule has 0 saturated carbocycles. The van der Waals surface area contributed by atoms with Gasteiger partial charge in [-0.25, -0.2) is 4.79 Å². The summed E-state index contributed by atoms with van der Waals surface area (Å²) in [7, 11) is 4.69. The number of aromatic carboxylic acids is 1. The first kappa shape index (κ1) is 22.5. The van der Waals surface area contributed by atoms with Crippen LogP contribution >= 0.6 is 0 Å². The molecule has 9 heteroatoms. The lowest BCUT2D eigenvalue weighted by Gasteiger charge is -2.17. The van der Waals surface area contributed by atoms with Crippen LogP contribution in [0.2, 0.25) is 0 Å². The van der Waals surface area contributed by atoms with Crippen LogP contribution in [0, 0.1) is 0 Å². The van der Waals surface area contributed by atoms with Gasteiger partial charge in [0.2, 0.25) is 0 Å². The Bertz CT molecular complexity index is 1580. The minimum absolute atomic E-state index is 0.0879. The Morgan fingerprint density at radius 1 is 1.09 bits per heavy atom. The molecule has 0 spiro atoms. The van der Waals surface area contributed by atoms with E-state index in [1.807, 2.05) is 12.1 Å². The standard InChI is InChI=1S/C26H24N2O7/c1-27-18-9-15-8-13-5-7-20(30)28(11-14-4-6-16(34-2)10-19(14)35-3)23(13)21(15)25(31)22(18)17(12-29)24(27)26(32)33/h4-7,9-10,29,31H,8,11-12H2,1-3H3,(H,32,33). The van der Waals surface area contributed by atoms with Crippen LogP contribution in [-0.4, -0.2) is 44.6 Å². The van der Waals surface area contributed by atoms with Crippen LogP contribution in [0.4, 0.5) is 0 Å². The first-order valence-electron chi connectivity index (χ1n) is 10.9. The molecule has 0 aliphatic heterocycles. The zero-order chi connectivity index (χ0) is 25.0. The summed E-state index contributed by atoms with van der Waals surface area (Å²) in [5.41, 5.74) is 3.71. The normalized spacial score (nSPS) is 12.0. The van der Waals surface area contributed by atoms with Gasteiger partial charge in [-0.3, -0.25) is 4.79 Å². The van der Waals surface area contributed by atoms with Crippen molar-refractivity contribution >= 4 is 16.9 Å². The molecule has 35 heavy (non-hydrogen) atoms. The Morgan fingerprint density at radius 3 is 2.51 bits per heavy atom. The fourth-order valence-electron chi connectivity index (χ4n) is 5.12. The van der Waals surface area contributed by atoms with E-state index in [9.17, 15) is 24.9 Å². The summed E-state index contributed by atoms with van der Waals surface area (Å²) in [4.78, 5) is 24.9. The number of aliphatic hydroxyl groups excluding tert-OH is 1. The third-order valence-electron chi connectivity index (χ3n) is 6.71. The monoisotopic (exact) mass is 476 g/mol. The molecule has 0 unspecified atom stereocenters. The molecule has 0 radical (unpaired) electrons. The molecule has 1 aliphatic carbocycles. The zero-order valence-electron chi connectivity index (χ0n) is 19.5. The Hall–Kier alpha value is -4.24. The second kappa shape index (κ2) is 8.21. The van der Waals surface area contributed by atoms with E-state index in [0.29, 0.717) is 34.7 Å². The highest BCUT2D eigenvalue weighted by Gasteiger charge is 2.31. The average molecular weight is 476 g/mol. The summed E-state index contributed by atoms with van der Waals surface area (Å²) < 4.78 is 13.8. The number of carbonyl (C=O) groups is 1. The predicted molar refractivity (Wildman–Crippen MR) is 129 cm³/mol. The highest BCUT2D eigenvalue weighted by Crippen LogP contribution is 2.47. The number of benzene rings is 2. The van der Waals surface area contributed by atoms with Crippen LogP contribution < -0.4 is 15.0 Å². The second-order valence-corrected chi connectivity index (χ2v) is 8.49. The number of ether oxygens (including phenoxy) is 2. The molecule has 5 rings (SSSR count). The smallest absolute Gasteiger partial charge is 0.352 e. The molecule has 2 aromatic carbocycles. The van der Waals surface area contributed by atoms with Gasteiger partial charge in [0, 0.05) is 47.7 Å². The van der Waals surface area contributed by atoms with Crippen molar-refractivity contribution in [2.75, 3.05) is 14.2 Å². The molecule has 2 heterocycles. The summed E-state index contributed by atoms with van der Waals surface area (Å²) in [5.74, 6) is -0.166. The molecule has 0 amide bonds. The molecule has 2 aromatic heterocycles. The maximum absolute atomic E-state index is 13.1. The van der Waals surface area contributed by atoms with Crippen LogP contribution in [-0.2, 0) is 26.6 Å². The number of phenolic OH excluding ortho intramolecular Hbond substituents is 1. The Kier molecular flexibility index (Phi) is 5.29. The zero-order valence-corrected chi connectivity index (χ0v) is 19.5. The summed E-state index contributed by atoms with van der Waals surface area (Å²) in [6, 6.07) is 10.4. The van der Waals surface area contributed by atoms with Crippen LogP contribution in [0.15, 0.2) is 41.2 Å². The van der Waals surface area contributed by atoms with Crippen molar-refractivity contribution in [3.05, 3.63) is 74.7 Å². The summed E-state index contributed by atoms with van der Waals surface area (Å²) >= 11 is 0. The quantitative estimate of drug-likeness (QED) is 0.344. The van der Waals surface area contributed by atoms with E-state index in [1.165, 1.54) is 10.6 Å². The lowest BCUT2D eigenvalue weighted by atomic mass is 10.0. The second-order valence-electron chi connectivity index (χ2n) is 8.49. The van der Waals surface area contributed by atoms with Gasteiger partial charge in [-0.2, -0.15) is 0 Å². The molecule has 0 atom stereocenters. The van der Waals surface area contributed by atoms with Crippen LogP contribution in [0.5, 0.6) is 17.2 Å². The van der Waals surface area contributed by atoms with Crippen molar-refractivity contribution in [1.82, 2.24) is 9.13 Å². The van der Waals surface area contributed by atoms with Crippen LogP contribution in [0.3, 0.4) is 0 Å². The van der Waals surface area contributed by atoms with Gasteiger partial charge in [-0.15, -0.1) is 0 Å². The first-order chi connectivity index (χ1) is 16.8. The van der Waals surface area contributed by atoms with Crippen molar-refractivity contribution in [3.8, 4) is 28.5 Å². The van der Waals surface area contributed by atoms with Crippen molar-refractivity contribution in [2.45, 2.75) is 19.6 Å². The van der Waals surface area contributed by atoms with Gasteiger partial charge in [-0.1, -0.05) is 6.07 Å². The maximum Gasteiger partial charge on any atom is 0.352 e. The topological polar surface area (TPSA) is 123 Å². The van der Waals surface area contributed by atoms with Gasteiger partial charge in [-0.05, 0) is 29.3 Å². The first-order valence-corrected chi connectivity index (χ1v) is 10.9. The van der Waals surface area contributed by atoms with Crippen LogP contribution in [0.25, 0.3) is 22.2 Å². The number of hydrogen-bond donors (Lipinski definition) is 3. The molecule has 3 N–H and O–H groups in total. The number of hydrogen-bond acceptors (Lipinski definition) is 6. The van der Waals surface area contributed by atoms with E-state index in [1.54, 1.807) is 44.0 Å². The molecule has 0 bridgehead atoms. The molecule has 1 aliphatic rings. The minimum atomic E-state index is -1.20. The van der Waals surface area contributed by atoms with E-state index in [4.69, 9.17) is 9.47 Å². The summed E-state index contributed by atoms with van der Waals surface area (Å²) in [5, 5.41) is 31.4. The van der Waals surface area contributed by atoms with Gasteiger partial charge in [0.15, 0.2) is 0 Å². The number of phenols is 1. The molecule has 0 saturated heterocycles. The van der Waals surface area contributed by atoms with E-state index in [-0.39, 0.29) is 34.5 Å². The molecule has 0 fully saturated rings. The SMILES string of the molecule is COc1ccc(Cn2c3c(ccc2=O)Cc2cc4c(c(O)c2-3)c(CO)c(C(=O)O)n4C)c(OC)c1. The summed E-state index contributed by atoms with van der Waals surface area (Å²) in [6.45, 7) is -0.364.